The van der Waals surface area contributed by atoms with Crippen LogP contribution in [0.1, 0.15) is 30.6 Å². The number of carbonyl (C=O) groups is 3. The van der Waals surface area contributed by atoms with E-state index in [4.69, 9.17) is 9.47 Å². The van der Waals surface area contributed by atoms with Crippen LogP contribution in [0, 0.1) is 5.92 Å². The van der Waals surface area contributed by atoms with Crippen LogP contribution in [0.25, 0.3) is 0 Å². The molecule has 162 valence electrons. The van der Waals surface area contributed by atoms with Crippen molar-refractivity contribution < 1.29 is 37.0 Å². The van der Waals surface area contributed by atoms with Crippen molar-refractivity contribution in [2.45, 2.75) is 31.2 Å². The molecule has 1 aromatic rings. The molecular formula is C18H26N2O8S. The maximum atomic E-state index is 12.2. The zero-order valence-electron chi connectivity index (χ0n) is 17.0. The van der Waals surface area contributed by atoms with Crippen molar-refractivity contribution in [2.24, 2.45) is 5.92 Å². The van der Waals surface area contributed by atoms with Gasteiger partial charge in [0.25, 0.3) is 5.91 Å². The summed E-state index contributed by atoms with van der Waals surface area (Å²) in [5.74, 6) is -2.03. The fraction of sp³-hybridized carbons (Fsp3) is 0.500. The second-order valence-corrected chi connectivity index (χ2v) is 8.28. The molecule has 0 heterocycles. The smallest absolute Gasteiger partial charge is 0.338 e. The molecule has 1 unspecified atom stereocenters. The summed E-state index contributed by atoms with van der Waals surface area (Å²) in [5, 5.41) is 2.45. The van der Waals surface area contributed by atoms with Crippen LogP contribution in [0.3, 0.4) is 0 Å². The van der Waals surface area contributed by atoms with Gasteiger partial charge in [-0.2, -0.15) is 0 Å². The van der Waals surface area contributed by atoms with Gasteiger partial charge in [-0.15, -0.1) is 0 Å². The first-order valence-electron chi connectivity index (χ1n) is 8.71. The van der Waals surface area contributed by atoms with Gasteiger partial charge in [0.15, 0.2) is 6.61 Å². The van der Waals surface area contributed by atoms with Crippen molar-refractivity contribution in [2.75, 3.05) is 27.9 Å². The van der Waals surface area contributed by atoms with E-state index in [-0.39, 0.29) is 22.1 Å². The highest BCUT2D eigenvalue weighted by Crippen LogP contribution is 2.25. The quantitative estimate of drug-likeness (QED) is 0.511. The SMILES string of the molecule is CNS(=O)(=O)c1cc(C(=O)OCC(=O)NC(CC(C)C)C(=O)OC)ccc1OC. The van der Waals surface area contributed by atoms with Crippen LogP contribution in [-0.2, 0) is 29.1 Å². The summed E-state index contributed by atoms with van der Waals surface area (Å²) in [6, 6.07) is 2.83. The highest BCUT2D eigenvalue weighted by molar-refractivity contribution is 7.89. The second-order valence-electron chi connectivity index (χ2n) is 6.42. The van der Waals surface area contributed by atoms with E-state index < -0.39 is 40.5 Å². The predicted molar refractivity (Wildman–Crippen MR) is 103 cm³/mol. The summed E-state index contributed by atoms with van der Waals surface area (Å²) in [5.41, 5.74) is -0.0841. The van der Waals surface area contributed by atoms with Crippen molar-refractivity contribution in [3.63, 3.8) is 0 Å². The third kappa shape index (κ3) is 7.02. The maximum Gasteiger partial charge on any atom is 0.338 e. The number of sulfonamides is 1. The summed E-state index contributed by atoms with van der Waals surface area (Å²) in [4.78, 5) is 35.8. The minimum Gasteiger partial charge on any atom is -0.495 e. The molecular weight excluding hydrogens is 404 g/mol. The third-order valence-corrected chi connectivity index (χ3v) is 5.26. The number of ether oxygens (including phenoxy) is 3. The highest BCUT2D eigenvalue weighted by Gasteiger charge is 2.24. The molecule has 0 saturated carbocycles. The van der Waals surface area contributed by atoms with E-state index in [1.165, 1.54) is 33.4 Å². The Morgan fingerprint density at radius 2 is 1.79 bits per heavy atom. The zero-order valence-corrected chi connectivity index (χ0v) is 17.8. The Morgan fingerprint density at radius 3 is 2.31 bits per heavy atom. The second kappa shape index (κ2) is 10.8. The van der Waals surface area contributed by atoms with Crippen LogP contribution in [0.4, 0.5) is 0 Å². The van der Waals surface area contributed by atoms with Crippen LogP contribution in [-0.4, -0.2) is 60.2 Å². The number of hydrogen-bond donors (Lipinski definition) is 2. The molecule has 11 heteroatoms. The molecule has 0 aliphatic rings. The Morgan fingerprint density at radius 1 is 1.14 bits per heavy atom. The molecule has 0 aromatic heterocycles. The van der Waals surface area contributed by atoms with Gasteiger partial charge in [-0.05, 0) is 37.6 Å². The lowest BCUT2D eigenvalue weighted by molar-refractivity contribution is -0.145. The van der Waals surface area contributed by atoms with Crippen LogP contribution in [0.15, 0.2) is 23.1 Å². The Balaban J connectivity index is 2.85. The molecule has 0 saturated heterocycles. The number of nitrogens with one attached hydrogen (secondary N) is 2. The molecule has 0 fully saturated rings. The largest absolute Gasteiger partial charge is 0.495 e. The van der Waals surface area contributed by atoms with E-state index in [1.807, 2.05) is 13.8 Å². The fourth-order valence-corrected chi connectivity index (χ4v) is 3.32. The molecule has 0 radical (unpaired) electrons. The van der Waals surface area contributed by atoms with E-state index >= 15 is 0 Å². The van der Waals surface area contributed by atoms with Gasteiger partial charge in [0.1, 0.15) is 16.7 Å². The molecule has 29 heavy (non-hydrogen) atoms. The number of amides is 1. The van der Waals surface area contributed by atoms with Gasteiger partial charge in [-0.1, -0.05) is 13.8 Å². The Kier molecular flexibility index (Phi) is 9.05. The maximum absolute atomic E-state index is 12.2. The molecule has 1 atom stereocenters. The lowest BCUT2D eigenvalue weighted by Gasteiger charge is -2.18. The van der Waals surface area contributed by atoms with Gasteiger partial charge in [0.2, 0.25) is 10.0 Å². The van der Waals surface area contributed by atoms with E-state index in [1.54, 1.807) is 0 Å². The monoisotopic (exact) mass is 430 g/mol. The molecule has 0 aliphatic carbocycles. The van der Waals surface area contributed by atoms with E-state index in [0.29, 0.717) is 6.42 Å². The van der Waals surface area contributed by atoms with Gasteiger partial charge in [0, 0.05) is 0 Å². The molecule has 1 rings (SSSR count). The first-order valence-corrected chi connectivity index (χ1v) is 10.2. The van der Waals surface area contributed by atoms with Crippen LogP contribution in [0.2, 0.25) is 0 Å². The standard InChI is InChI=1S/C18H26N2O8S/c1-11(2)8-13(18(23)27-5)20-16(21)10-28-17(22)12-6-7-14(26-4)15(9-12)29(24,25)19-3/h6-7,9,11,13,19H,8,10H2,1-5H3,(H,20,21). The molecule has 1 amide bonds. The Labute approximate surface area is 169 Å². The average Bonchev–Trinajstić information content (AvgIpc) is 2.69. The highest BCUT2D eigenvalue weighted by atomic mass is 32.2. The summed E-state index contributed by atoms with van der Waals surface area (Å²) in [6.07, 6.45) is 0.357. The van der Waals surface area contributed by atoms with E-state index in [2.05, 4.69) is 14.8 Å². The summed E-state index contributed by atoms with van der Waals surface area (Å²) >= 11 is 0. The molecule has 1 aromatic carbocycles. The molecule has 0 aliphatic heterocycles. The first-order chi connectivity index (χ1) is 13.5. The Hall–Kier alpha value is -2.66. The van der Waals surface area contributed by atoms with Crippen molar-refractivity contribution in [3.05, 3.63) is 23.8 Å². The number of methoxy groups -OCH3 is 2. The minimum absolute atomic E-state index is 0.0447. The van der Waals surface area contributed by atoms with Gasteiger partial charge in [-0.3, -0.25) is 4.79 Å². The molecule has 0 spiro atoms. The van der Waals surface area contributed by atoms with Crippen molar-refractivity contribution >= 4 is 27.9 Å². The number of benzene rings is 1. The zero-order chi connectivity index (χ0) is 22.2. The van der Waals surface area contributed by atoms with Gasteiger partial charge >= 0.3 is 11.9 Å². The van der Waals surface area contributed by atoms with Crippen molar-refractivity contribution in [1.29, 1.82) is 0 Å². The van der Waals surface area contributed by atoms with Gasteiger partial charge in [0.05, 0.1) is 19.8 Å². The predicted octanol–water partition coefficient (Wildman–Crippen LogP) is 0.464. The number of carbonyl (C=O) groups excluding carboxylic acids is 3. The van der Waals surface area contributed by atoms with Gasteiger partial charge < -0.3 is 19.5 Å². The van der Waals surface area contributed by atoms with Crippen molar-refractivity contribution in [1.82, 2.24) is 10.0 Å². The first kappa shape index (κ1) is 24.4. The lowest BCUT2D eigenvalue weighted by atomic mass is 10.0. The topological polar surface area (TPSA) is 137 Å². The van der Waals surface area contributed by atoms with Crippen LogP contribution in [0.5, 0.6) is 5.75 Å². The van der Waals surface area contributed by atoms with E-state index in [0.717, 1.165) is 6.07 Å². The normalized spacial score (nSPS) is 12.2. The summed E-state index contributed by atoms with van der Waals surface area (Å²) in [7, 11) is -0.157. The average molecular weight is 430 g/mol. The number of esters is 2. The Bertz CT molecular complexity index is 851. The summed E-state index contributed by atoms with van der Waals surface area (Å²) < 4.78 is 40.8. The molecule has 0 bridgehead atoms. The van der Waals surface area contributed by atoms with Gasteiger partial charge in [-0.25, -0.2) is 22.7 Å². The number of hydrogen-bond acceptors (Lipinski definition) is 8. The van der Waals surface area contributed by atoms with Crippen molar-refractivity contribution in [3.8, 4) is 5.75 Å². The molecule has 2 N–H and O–H groups in total. The fourth-order valence-electron chi connectivity index (χ4n) is 2.40. The number of rotatable bonds is 10. The van der Waals surface area contributed by atoms with E-state index in [9.17, 15) is 22.8 Å². The third-order valence-electron chi connectivity index (χ3n) is 3.82. The lowest BCUT2D eigenvalue weighted by Crippen LogP contribution is -2.44. The van der Waals surface area contributed by atoms with Crippen LogP contribution >= 0.6 is 0 Å². The van der Waals surface area contributed by atoms with Crippen LogP contribution < -0.4 is 14.8 Å². The molecule has 10 nitrogen and oxygen atoms in total. The minimum atomic E-state index is -3.88. The summed E-state index contributed by atoms with van der Waals surface area (Å²) in [6.45, 7) is 3.11.